The summed E-state index contributed by atoms with van der Waals surface area (Å²) in [6, 6.07) is 4.42. The number of anilines is 1. The van der Waals surface area contributed by atoms with E-state index in [-0.39, 0.29) is 24.1 Å². The van der Waals surface area contributed by atoms with Gasteiger partial charge in [-0.15, -0.1) is 13.2 Å². The van der Waals surface area contributed by atoms with E-state index in [1.54, 1.807) is 18.9 Å². The molecule has 2 amide bonds. The Morgan fingerprint density at radius 1 is 1.17 bits per heavy atom. The van der Waals surface area contributed by atoms with Crippen LogP contribution in [-0.2, 0) is 9.59 Å². The number of carbonyl (C=O) groups is 2. The topological polar surface area (TPSA) is 65.1 Å². The van der Waals surface area contributed by atoms with Gasteiger partial charge in [0.2, 0.25) is 11.8 Å². The van der Waals surface area contributed by atoms with Gasteiger partial charge in [-0.2, -0.15) is 0 Å². The zero-order valence-corrected chi connectivity index (χ0v) is 16.8. The summed E-state index contributed by atoms with van der Waals surface area (Å²) in [5.41, 5.74) is 0.340. The fourth-order valence-electron chi connectivity index (χ4n) is 3.04. The van der Waals surface area contributed by atoms with Crippen LogP contribution in [0.3, 0.4) is 0 Å². The first-order valence-corrected chi connectivity index (χ1v) is 9.46. The first-order chi connectivity index (χ1) is 13.6. The Hall–Kier alpha value is -2.33. The van der Waals surface area contributed by atoms with Gasteiger partial charge in [-0.05, 0) is 44.8 Å². The lowest BCUT2D eigenvalue weighted by Gasteiger charge is -2.36. The summed E-state index contributed by atoms with van der Waals surface area (Å²) in [5, 5.41) is 2.60. The highest BCUT2D eigenvalue weighted by Gasteiger charge is 2.31. The van der Waals surface area contributed by atoms with Crippen molar-refractivity contribution in [1.82, 2.24) is 14.7 Å². The number of nitrogens with one attached hydrogen (secondary N) is 1. The molecule has 1 heterocycles. The van der Waals surface area contributed by atoms with Crippen molar-refractivity contribution >= 4 is 17.5 Å². The number of likely N-dealkylation sites (N-methyl/N-ethyl adjacent to an activating group) is 2. The number of hydrogen-bond donors (Lipinski definition) is 1. The second kappa shape index (κ2) is 9.93. The molecule has 29 heavy (non-hydrogen) atoms. The lowest BCUT2D eigenvalue weighted by molar-refractivity contribution is -0.274. The first kappa shape index (κ1) is 23.0. The minimum atomic E-state index is -4.76. The molecule has 0 bridgehead atoms. The molecule has 0 unspecified atom stereocenters. The van der Waals surface area contributed by atoms with Crippen molar-refractivity contribution in [3.8, 4) is 5.75 Å². The van der Waals surface area contributed by atoms with Gasteiger partial charge in [0.05, 0.1) is 12.6 Å². The average molecular weight is 416 g/mol. The standard InChI is InChI=1S/C19H27F3N4O3/c1-4-25-9-11-26(12-10-25)18(28)14(2)24(3)13-17(27)23-15-5-7-16(8-6-15)29-19(20,21)22/h5-8,14H,4,9-13H2,1-3H3,(H,23,27)/t14-/m0/s1. The third kappa shape index (κ3) is 7.21. The van der Waals surface area contributed by atoms with Crippen LogP contribution in [0.2, 0.25) is 0 Å². The Morgan fingerprint density at radius 3 is 2.28 bits per heavy atom. The highest BCUT2D eigenvalue weighted by Crippen LogP contribution is 2.23. The normalized spacial score (nSPS) is 16.6. The maximum Gasteiger partial charge on any atom is 0.573 e. The minimum absolute atomic E-state index is 0.0234. The number of rotatable bonds is 7. The van der Waals surface area contributed by atoms with Crippen molar-refractivity contribution in [3.05, 3.63) is 24.3 Å². The van der Waals surface area contributed by atoms with Gasteiger partial charge in [0.25, 0.3) is 0 Å². The minimum Gasteiger partial charge on any atom is -0.406 e. The quantitative estimate of drug-likeness (QED) is 0.737. The molecule has 2 rings (SSSR count). The molecule has 0 radical (unpaired) electrons. The van der Waals surface area contributed by atoms with E-state index >= 15 is 0 Å². The van der Waals surface area contributed by atoms with Crippen LogP contribution in [0.15, 0.2) is 24.3 Å². The molecule has 0 spiro atoms. The Labute approximate surface area is 168 Å². The zero-order valence-electron chi connectivity index (χ0n) is 16.8. The summed E-state index contributed by atoms with van der Waals surface area (Å²) >= 11 is 0. The predicted octanol–water partition coefficient (Wildman–Crippen LogP) is 2.01. The lowest BCUT2D eigenvalue weighted by atomic mass is 10.2. The number of benzene rings is 1. The van der Waals surface area contributed by atoms with Crippen LogP contribution in [0.5, 0.6) is 5.75 Å². The highest BCUT2D eigenvalue weighted by molar-refractivity contribution is 5.92. The Bertz CT molecular complexity index is 689. The van der Waals surface area contributed by atoms with Crippen LogP contribution >= 0.6 is 0 Å². The van der Waals surface area contributed by atoms with E-state index in [2.05, 4.69) is 21.9 Å². The van der Waals surface area contributed by atoms with Crippen molar-refractivity contribution in [3.63, 3.8) is 0 Å². The third-order valence-corrected chi connectivity index (χ3v) is 4.91. The number of hydrogen-bond acceptors (Lipinski definition) is 5. The number of alkyl halides is 3. The van der Waals surface area contributed by atoms with Crippen LogP contribution < -0.4 is 10.1 Å². The van der Waals surface area contributed by atoms with Gasteiger partial charge in [0, 0.05) is 31.9 Å². The molecule has 162 valence electrons. The molecule has 0 aliphatic carbocycles. The van der Waals surface area contributed by atoms with Crippen LogP contribution in [0.1, 0.15) is 13.8 Å². The molecule has 1 aliphatic heterocycles. The van der Waals surface area contributed by atoms with Gasteiger partial charge in [-0.3, -0.25) is 14.5 Å². The molecule has 1 N–H and O–H groups in total. The maximum absolute atomic E-state index is 12.7. The SMILES string of the molecule is CCN1CCN(C(=O)[C@H](C)N(C)CC(=O)Nc2ccc(OC(F)(F)F)cc2)CC1. The lowest BCUT2D eigenvalue weighted by Crippen LogP contribution is -2.54. The van der Waals surface area contributed by atoms with Crippen LogP contribution in [0, 0.1) is 0 Å². The second-order valence-electron chi connectivity index (χ2n) is 6.97. The van der Waals surface area contributed by atoms with Crippen molar-refractivity contribution in [2.45, 2.75) is 26.3 Å². The number of amides is 2. The zero-order chi connectivity index (χ0) is 21.6. The van der Waals surface area contributed by atoms with E-state index in [1.165, 1.54) is 12.1 Å². The molecule has 1 aromatic rings. The summed E-state index contributed by atoms with van der Waals surface area (Å²) in [4.78, 5) is 30.6. The summed E-state index contributed by atoms with van der Waals surface area (Å²) in [5.74, 6) is -0.757. The number of nitrogens with zero attached hydrogens (tertiary/aromatic N) is 3. The van der Waals surface area contributed by atoms with Gasteiger partial charge < -0.3 is 19.9 Å². The van der Waals surface area contributed by atoms with E-state index in [1.807, 2.05) is 4.90 Å². The molecule has 7 nitrogen and oxygen atoms in total. The largest absolute Gasteiger partial charge is 0.573 e. The first-order valence-electron chi connectivity index (χ1n) is 9.46. The Kier molecular flexibility index (Phi) is 7.86. The van der Waals surface area contributed by atoms with Crippen molar-refractivity contribution in [1.29, 1.82) is 0 Å². The monoisotopic (exact) mass is 416 g/mol. The summed E-state index contributed by atoms with van der Waals surface area (Å²) in [6.07, 6.45) is -4.76. The van der Waals surface area contributed by atoms with Gasteiger partial charge in [0.15, 0.2) is 0 Å². The van der Waals surface area contributed by atoms with Gasteiger partial charge in [-0.1, -0.05) is 6.92 Å². The van der Waals surface area contributed by atoms with E-state index < -0.39 is 12.4 Å². The van der Waals surface area contributed by atoms with Crippen LogP contribution in [0.4, 0.5) is 18.9 Å². The van der Waals surface area contributed by atoms with E-state index in [9.17, 15) is 22.8 Å². The third-order valence-electron chi connectivity index (χ3n) is 4.91. The number of carbonyl (C=O) groups excluding carboxylic acids is 2. The molecule has 1 aromatic carbocycles. The highest BCUT2D eigenvalue weighted by atomic mass is 19.4. The van der Waals surface area contributed by atoms with Crippen LogP contribution in [-0.4, -0.2) is 85.2 Å². The Morgan fingerprint density at radius 2 is 1.76 bits per heavy atom. The second-order valence-corrected chi connectivity index (χ2v) is 6.97. The Balaban J connectivity index is 1.82. The molecule has 1 fully saturated rings. The number of ether oxygens (including phenoxy) is 1. The summed E-state index contributed by atoms with van der Waals surface area (Å²) < 4.78 is 40.3. The molecule has 0 aromatic heterocycles. The molecular weight excluding hydrogens is 389 g/mol. The summed E-state index contributed by atoms with van der Waals surface area (Å²) in [6.45, 7) is 7.80. The average Bonchev–Trinajstić information content (AvgIpc) is 2.67. The van der Waals surface area contributed by atoms with E-state index in [4.69, 9.17) is 0 Å². The van der Waals surface area contributed by atoms with Gasteiger partial charge in [0.1, 0.15) is 5.75 Å². The van der Waals surface area contributed by atoms with Gasteiger partial charge in [-0.25, -0.2) is 0 Å². The van der Waals surface area contributed by atoms with Crippen molar-refractivity contribution in [2.75, 3.05) is 51.6 Å². The van der Waals surface area contributed by atoms with Crippen molar-refractivity contribution < 1.29 is 27.5 Å². The van der Waals surface area contributed by atoms with Gasteiger partial charge >= 0.3 is 6.36 Å². The van der Waals surface area contributed by atoms with E-state index in [0.717, 1.165) is 31.8 Å². The molecule has 10 heteroatoms. The maximum atomic E-state index is 12.7. The van der Waals surface area contributed by atoms with Crippen molar-refractivity contribution in [2.24, 2.45) is 0 Å². The molecule has 0 saturated carbocycles. The smallest absolute Gasteiger partial charge is 0.406 e. The number of halogens is 3. The summed E-state index contributed by atoms with van der Waals surface area (Å²) in [7, 11) is 1.69. The molecule has 1 saturated heterocycles. The molecule has 1 aliphatic rings. The predicted molar refractivity (Wildman–Crippen MR) is 103 cm³/mol. The van der Waals surface area contributed by atoms with Crippen LogP contribution in [0.25, 0.3) is 0 Å². The fourth-order valence-corrected chi connectivity index (χ4v) is 3.04. The number of piperazine rings is 1. The molecule has 1 atom stereocenters. The molecular formula is C19H27F3N4O3. The fraction of sp³-hybridized carbons (Fsp3) is 0.579. The van der Waals surface area contributed by atoms with E-state index in [0.29, 0.717) is 18.8 Å².